The van der Waals surface area contributed by atoms with E-state index in [4.69, 9.17) is 4.74 Å². The first-order valence-electron chi connectivity index (χ1n) is 9.36. The molecule has 0 aliphatic carbocycles. The van der Waals surface area contributed by atoms with Gasteiger partial charge in [-0.25, -0.2) is 9.97 Å². The summed E-state index contributed by atoms with van der Waals surface area (Å²) in [6.45, 7) is 0.699. The molecule has 4 aromatic rings. The zero-order valence-corrected chi connectivity index (χ0v) is 17.2. The summed E-state index contributed by atoms with van der Waals surface area (Å²) in [6.07, 6.45) is 7.42. The molecule has 4 rings (SSSR count). The number of amides is 1. The van der Waals surface area contributed by atoms with E-state index < -0.39 is 0 Å². The van der Waals surface area contributed by atoms with E-state index in [2.05, 4.69) is 25.4 Å². The van der Waals surface area contributed by atoms with Gasteiger partial charge in [-0.1, -0.05) is 12.1 Å². The van der Waals surface area contributed by atoms with E-state index in [1.54, 1.807) is 41.7 Å². The second-order valence-electron chi connectivity index (χ2n) is 6.44. The van der Waals surface area contributed by atoms with Crippen molar-refractivity contribution in [2.75, 3.05) is 13.7 Å². The number of thiophene rings is 1. The molecule has 4 heterocycles. The standard InChI is InChI=1S/C21H20N6O2S/c1-29-14-18-16(20(28)23-9-6-15-4-2-8-22-12-15)13-25-27(18)21-24-10-7-17(26-21)19-5-3-11-30-19/h2-5,7-8,10-13H,6,9,14H2,1H3,(H,23,28). The first-order valence-corrected chi connectivity index (χ1v) is 10.2. The Morgan fingerprint density at radius 2 is 2.13 bits per heavy atom. The van der Waals surface area contributed by atoms with Crippen LogP contribution in [0.3, 0.4) is 0 Å². The smallest absolute Gasteiger partial charge is 0.254 e. The van der Waals surface area contributed by atoms with Gasteiger partial charge in [0.05, 0.1) is 34.6 Å². The Labute approximate surface area is 177 Å². The molecule has 4 aromatic heterocycles. The molecule has 0 atom stereocenters. The van der Waals surface area contributed by atoms with Gasteiger partial charge in [0.25, 0.3) is 11.9 Å². The van der Waals surface area contributed by atoms with Crippen LogP contribution in [0.25, 0.3) is 16.5 Å². The molecule has 30 heavy (non-hydrogen) atoms. The minimum Gasteiger partial charge on any atom is -0.378 e. The van der Waals surface area contributed by atoms with E-state index in [0.29, 0.717) is 30.2 Å². The van der Waals surface area contributed by atoms with Crippen LogP contribution in [0.1, 0.15) is 21.6 Å². The lowest BCUT2D eigenvalue weighted by atomic mass is 10.2. The van der Waals surface area contributed by atoms with Crippen LogP contribution < -0.4 is 5.32 Å². The molecule has 0 aliphatic rings. The monoisotopic (exact) mass is 420 g/mol. The number of rotatable bonds is 8. The van der Waals surface area contributed by atoms with Crippen molar-refractivity contribution in [2.24, 2.45) is 0 Å². The molecule has 0 radical (unpaired) electrons. The highest BCUT2D eigenvalue weighted by molar-refractivity contribution is 7.13. The minimum atomic E-state index is -0.216. The number of ether oxygens (including phenoxy) is 1. The summed E-state index contributed by atoms with van der Waals surface area (Å²) < 4.78 is 6.87. The maximum absolute atomic E-state index is 12.8. The van der Waals surface area contributed by atoms with Crippen molar-refractivity contribution in [3.63, 3.8) is 0 Å². The van der Waals surface area contributed by atoms with Crippen molar-refractivity contribution in [1.29, 1.82) is 0 Å². The molecule has 152 valence electrons. The van der Waals surface area contributed by atoms with Crippen molar-refractivity contribution in [1.82, 2.24) is 30.0 Å². The Balaban J connectivity index is 1.54. The average Bonchev–Trinajstić information content (AvgIpc) is 3.45. The van der Waals surface area contributed by atoms with E-state index >= 15 is 0 Å². The summed E-state index contributed by atoms with van der Waals surface area (Å²) in [5.74, 6) is 0.175. The summed E-state index contributed by atoms with van der Waals surface area (Å²) in [7, 11) is 1.57. The molecular formula is C21H20N6O2S. The Kier molecular flexibility index (Phi) is 6.21. The predicted molar refractivity (Wildman–Crippen MR) is 113 cm³/mol. The third-order valence-corrected chi connectivity index (χ3v) is 5.31. The number of carbonyl (C=O) groups excluding carboxylic acids is 1. The number of pyridine rings is 1. The highest BCUT2D eigenvalue weighted by atomic mass is 32.1. The number of carbonyl (C=O) groups is 1. The van der Waals surface area contributed by atoms with Gasteiger partial charge in [-0.15, -0.1) is 11.3 Å². The van der Waals surface area contributed by atoms with Gasteiger partial charge < -0.3 is 10.1 Å². The van der Waals surface area contributed by atoms with Gasteiger partial charge in [0.1, 0.15) is 0 Å². The zero-order valence-electron chi connectivity index (χ0n) is 16.4. The van der Waals surface area contributed by atoms with Gasteiger partial charge in [-0.2, -0.15) is 9.78 Å². The van der Waals surface area contributed by atoms with E-state index in [-0.39, 0.29) is 12.5 Å². The third kappa shape index (κ3) is 4.42. The van der Waals surface area contributed by atoms with Crippen molar-refractivity contribution >= 4 is 17.2 Å². The van der Waals surface area contributed by atoms with Crippen molar-refractivity contribution in [3.05, 3.63) is 77.3 Å². The lowest BCUT2D eigenvalue weighted by Gasteiger charge is -2.09. The number of hydrogen-bond donors (Lipinski definition) is 1. The normalized spacial score (nSPS) is 10.8. The Bertz CT molecular complexity index is 1110. The number of nitrogens with zero attached hydrogens (tertiary/aromatic N) is 5. The van der Waals surface area contributed by atoms with E-state index in [0.717, 1.165) is 16.1 Å². The molecule has 1 amide bonds. The molecule has 0 aliphatic heterocycles. The highest BCUT2D eigenvalue weighted by Crippen LogP contribution is 2.23. The predicted octanol–water partition coefficient (Wildman–Crippen LogP) is 2.90. The molecule has 0 spiro atoms. The first-order chi connectivity index (χ1) is 14.8. The van der Waals surface area contributed by atoms with Crippen LogP contribution in [0, 0.1) is 0 Å². The molecule has 0 saturated heterocycles. The van der Waals surface area contributed by atoms with Crippen LogP contribution in [0.15, 0.2) is 60.5 Å². The number of methoxy groups -OCH3 is 1. The third-order valence-electron chi connectivity index (χ3n) is 4.42. The maximum atomic E-state index is 12.8. The lowest BCUT2D eigenvalue weighted by Crippen LogP contribution is -2.26. The fourth-order valence-corrected chi connectivity index (χ4v) is 3.68. The van der Waals surface area contributed by atoms with Crippen LogP contribution in [-0.2, 0) is 17.8 Å². The quantitative estimate of drug-likeness (QED) is 0.471. The fourth-order valence-electron chi connectivity index (χ4n) is 2.98. The fraction of sp³-hybridized carbons (Fsp3) is 0.190. The van der Waals surface area contributed by atoms with Gasteiger partial charge in [-0.05, 0) is 35.6 Å². The Morgan fingerprint density at radius 3 is 2.90 bits per heavy atom. The molecule has 0 unspecified atom stereocenters. The Hall–Kier alpha value is -3.43. The molecule has 9 heteroatoms. The molecule has 8 nitrogen and oxygen atoms in total. The average molecular weight is 420 g/mol. The highest BCUT2D eigenvalue weighted by Gasteiger charge is 2.20. The van der Waals surface area contributed by atoms with E-state index in [1.807, 2.05) is 35.7 Å². The van der Waals surface area contributed by atoms with Crippen molar-refractivity contribution in [3.8, 4) is 16.5 Å². The van der Waals surface area contributed by atoms with Crippen LogP contribution >= 0.6 is 11.3 Å². The van der Waals surface area contributed by atoms with E-state index in [1.165, 1.54) is 6.20 Å². The van der Waals surface area contributed by atoms with Gasteiger partial charge in [0, 0.05) is 32.2 Å². The number of aromatic nitrogens is 5. The zero-order chi connectivity index (χ0) is 20.8. The second kappa shape index (κ2) is 9.38. The summed E-state index contributed by atoms with van der Waals surface area (Å²) in [5, 5.41) is 9.28. The largest absolute Gasteiger partial charge is 0.378 e. The summed E-state index contributed by atoms with van der Waals surface area (Å²) >= 11 is 1.60. The summed E-state index contributed by atoms with van der Waals surface area (Å²) in [5.41, 5.74) is 2.90. The molecule has 0 saturated carbocycles. The van der Waals surface area contributed by atoms with Crippen LogP contribution in [0.2, 0.25) is 0 Å². The van der Waals surface area contributed by atoms with E-state index in [9.17, 15) is 4.79 Å². The van der Waals surface area contributed by atoms with Gasteiger partial charge in [-0.3, -0.25) is 9.78 Å². The number of nitrogens with one attached hydrogen (secondary N) is 1. The molecule has 0 bridgehead atoms. The van der Waals surface area contributed by atoms with Gasteiger partial charge in [0.15, 0.2) is 0 Å². The molecule has 1 N–H and O–H groups in total. The maximum Gasteiger partial charge on any atom is 0.254 e. The lowest BCUT2D eigenvalue weighted by molar-refractivity contribution is 0.0948. The van der Waals surface area contributed by atoms with Crippen molar-refractivity contribution in [2.45, 2.75) is 13.0 Å². The molecule has 0 fully saturated rings. The molecular weight excluding hydrogens is 400 g/mol. The van der Waals surface area contributed by atoms with Crippen LogP contribution in [0.4, 0.5) is 0 Å². The van der Waals surface area contributed by atoms with Gasteiger partial charge in [0.2, 0.25) is 0 Å². The topological polar surface area (TPSA) is 94.8 Å². The molecule has 0 aromatic carbocycles. The van der Waals surface area contributed by atoms with Gasteiger partial charge >= 0.3 is 0 Å². The van der Waals surface area contributed by atoms with Crippen molar-refractivity contribution < 1.29 is 9.53 Å². The first kappa shape index (κ1) is 19.9. The minimum absolute atomic E-state index is 0.206. The second-order valence-corrected chi connectivity index (χ2v) is 7.38. The number of hydrogen-bond acceptors (Lipinski definition) is 7. The summed E-state index contributed by atoms with van der Waals surface area (Å²) in [6, 6.07) is 9.67. The SMILES string of the molecule is COCc1c(C(=O)NCCc2cccnc2)cnn1-c1nccc(-c2cccs2)n1. The van der Waals surface area contributed by atoms with Crippen LogP contribution in [0.5, 0.6) is 0 Å². The summed E-state index contributed by atoms with van der Waals surface area (Å²) in [4.78, 5) is 26.8. The Morgan fingerprint density at radius 1 is 1.20 bits per heavy atom. The van der Waals surface area contributed by atoms with Crippen LogP contribution in [-0.4, -0.2) is 44.3 Å².